The van der Waals surface area contributed by atoms with E-state index in [1.807, 2.05) is 11.0 Å². The van der Waals surface area contributed by atoms with E-state index in [4.69, 9.17) is 16.6 Å². The SMILES string of the molecule is O=S(=O)(NC1CC2=C(c3ccn(C(F)F)n3)[C@H](c3ccc(F)cc3Cl)N=C(c3nccs3)N2C1)NC1C2CCC1CC(O)(c1ccccn1)C2. The van der Waals surface area contributed by atoms with E-state index in [0.717, 1.165) is 25.1 Å². The van der Waals surface area contributed by atoms with E-state index in [2.05, 4.69) is 24.5 Å². The monoisotopic (exact) mass is 744 g/mol. The second-order valence-electron chi connectivity index (χ2n) is 13.2. The topological polar surface area (TPSA) is 138 Å². The molecular formula is C33H32ClF3N8O3S2. The summed E-state index contributed by atoms with van der Waals surface area (Å²) in [5.41, 5.74) is 1.18. The Bertz CT molecular complexity index is 2070. The average Bonchev–Trinajstić information content (AvgIpc) is 3.89. The zero-order valence-electron chi connectivity index (χ0n) is 26.3. The van der Waals surface area contributed by atoms with Gasteiger partial charge in [0.15, 0.2) is 10.8 Å². The molecule has 4 aromatic rings. The van der Waals surface area contributed by atoms with Crippen LogP contribution in [0.4, 0.5) is 13.2 Å². The number of thiazole rings is 1. The molecule has 3 aromatic heterocycles. The smallest absolute Gasteiger partial charge is 0.333 e. The summed E-state index contributed by atoms with van der Waals surface area (Å²) in [5.74, 6) is -0.244. The molecule has 0 radical (unpaired) electrons. The third kappa shape index (κ3) is 6.15. The van der Waals surface area contributed by atoms with Crippen molar-refractivity contribution in [3.8, 4) is 0 Å². The van der Waals surface area contributed by atoms with Gasteiger partial charge in [-0.1, -0.05) is 23.7 Å². The summed E-state index contributed by atoms with van der Waals surface area (Å²) in [4.78, 5) is 15.7. The highest BCUT2D eigenvalue weighted by molar-refractivity contribution is 7.87. The predicted octanol–water partition coefficient (Wildman–Crippen LogP) is 5.41. The first kappa shape index (κ1) is 33.5. The van der Waals surface area contributed by atoms with Gasteiger partial charge in [0, 0.05) is 70.9 Å². The number of amidine groups is 1. The van der Waals surface area contributed by atoms with Crippen LogP contribution in [0.3, 0.4) is 0 Å². The van der Waals surface area contributed by atoms with E-state index < -0.39 is 40.3 Å². The van der Waals surface area contributed by atoms with E-state index in [1.54, 1.807) is 29.9 Å². The van der Waals surface area contributed by atoms with Gasteiger partial charge in [0.1, 0.15) is 17.5 Å². The number of rotatable bonds is 9. The molecule has 2 aliphatic heterocycles. The fourth-order valence-electron chi connectivity index (χ4n) is 8.09. The average molecular weight is 745 g/mol. The maximum absolute atomic E-state index is 14.2. The molecule has 17 heteroatoms. The molecule has 2 bridgehead atoms. The van der Waals surface area contributed by atoms with Crippen molar-refractivity contribution in [3.05, 3.63) is 105 Å². The number of fused-ring (bicyclic) bond motifs is 3. The number of hydrogen-bond acceptors (Lipinski definition) is 9. The Morgan fingerprint density at radius 2 is 1.86 bits per heavy atom. The van der Waals surface area contributed by atoms with Crippen molar-refractivity contribution in [1.29, 1.82) is 0 Å². The number of nitrogens with one attached hydrogen (secondary N) is 2. The molecule has 5 heterocycles. The van der Waals surface area contributed by atoms with Gasteiger partial charge in [0.25, 0.3) is 10.2 Å². The number of aliphatic hydroxyl groups is 1. The minimum atomic E-state index is -4.05. The van der Waals surface area contributed by atoms with Gasteiger partial charge in [-0.15, -0.1) is 11.3 Å². The summed E-state index contributed by atoms with van der Waals surface area (Å²) >= 11 is 7.89. The first-order valence-electron chi connectivity index (χ1n) is 16.2. The molecule has 4 atom stereocenters. The third-order valence-electron chi connectivity index (χ3n) is 10.1. The molecule has 8 rings (SSSR count). The Morgan fingerprint density at radius 3 is 2.52 bits per heavy atom. The van der Waals surface area contributed by atoms with Gasteiger partial charge < -0.3 is 10.0 Å². The zero-order chi connectivity index (χ0) is 34.8. The van der Waals surface area contributed by atoms with Crippen LogP contribution in [0, 0.1) is 17.7 Å². The summed E-state index contributed by atoms with van der Waals surface area (Å²) < 4.78 is 75.4. The van der Waals surface area contributed by atoms with Gasteiger partial charge in [0.05, 0.1) is 11.4 Å². The summed E-state index contributed by atoms with van der Waals surface area (Å²) in [7, 11) is -4.05. The molecule has 3 fully saturated rings. The maximum atomic E-state index is 14.2. The largest absolute Gasteiger partial charge is 0.384 e. The molecule has 1 aromatic carbocycles. The van der Waals surface area contributed by atoms with E-state index in [1.165, 1.54) is 29.5 Å². The highest BCUT2D eigenvalue weighted by atomic mass is 35.5. The number of aromatic nitrogens is 4. The normalized spacial score (nSPS) is 28.0. The number of pyridine rings is 1. The van der Waals surface area contributed by atoms with Crippen LogP contribution in [0.15, 0.2) is 77.1 Å². The van der Waals surface area contributed by atoms with Crippen LogP contribution < -0.4 is 9.44 Å². The standard InChI is InChI=1S/C33H32ClF3N8O3S2/c34-23-13-20(35)6-7-22(23)29-27(24-8-11-45(41-24)32(36)37)25-14-21(17-44(25)30(40-29)31-39-10-12-49-31)42-50(47,48)43-28-18-4-5-19(28)16-33(46,15-18)26-3-1-2-9-38-26/h1-3,6-13,18-19,21,28-29,32,42-43,46H,4-5,14-17H2/t18?,19?,21?,28?,29-,33?/m0/s1. The minimum absolute atomic E-state index is 0.0728. The number of aliphatic imine (C=N–C) groups is 1. The van der Waals surface area contributed by atoms with Crippen molar-refractivity contribution in [3.63, 3.8) is 0 Å². The zero-order valence-corrected chi connectivity index (χ0v) is 28.7. The molecule has 1 saturated heterocycles. The molecule has 11 nitrogen and oxygen atoms in total. The van der Waals surface area contributed by atoms with Crippen LogP contribution in [-0.4, -0.2) is 62.6 Å². The molecular weight excluding hydrogens is 713 g/mol. The van der Waals surface area contributed by atoms with Crippen LogP contribution in [-0.2, 0) is 15.8 Å². The maximum Gasteiger partial charge on any atom is 0.333 e. The lowest BCUT2D eigenvalue weighted by atomic mass is 9.73. The van der Waals surface area contributed by atoms with Crippen LogP contribution in [0.25, 0.3) is 5.57 Å². The Hall–Kier alpha value is -3.67. The van der Waals surface area contributed by atoms with Crippen molar-refractivity contribution in [2.75, 3.05) is 6.54 Å². The molecule has 3 N–H and O–H groups in total. The molecule has 2 aliphatic carbocycles. The van der Waals surface area contributed by atoms with Gasteiger partial charge in [-0.05, 0) is 67.9 Å². The van der Waals surface area contributed by atoms with Crippen molar-refractivity contribution in [2.24, 2.45) is 16.8 Å². The van der Waals surface area contributed by atoms with E-state index >= 15 is 0 Å². The predicted molar refractivity (Wildman–Crippen MR) is 181 cm³/mol. The van der Waals surface area contributed by atoms with Gasteiger partial charge in [0.2, 0.25) is 0 Å². The number of benzene rings is 1. The fraction of sp³-hybridized carbons (Fsp3) is 0.394. The molecule has 262 valence electrons. The Morgan fingerprint density at radius 1 is 1.06 bits per heavy atom. The Balaban J connectivity index is 1.11. The second-order valence-corrected chi connectivity index (χ2v) is 16.0. The van der Waals surface area contributed by atoms with Gasteiger partial charge in [-0.3, -0.25) is 9.98 Å². The molecule has 50 heavy (non-hydrogen) atoms. The number of hydrogen-bond donors (Lipinski definition) is 3. The summed E-state index contributed by atoms with van der Waals surface area (Å²) in [6.07, 6.45) is 6.97. The van der Waals surface area contributed by atoms with Crippen molar-refractivity contribution in [1.82, 2.24) is 34.1 Å². The van der Waals surface area contributed by atoms with Crippen molar-refractivity contribution >= 4 is 44.6 Å². The van der Waals surface area contributed by atoms with Crippen LogP contribution in [0.5, 0.6) is 0 Å². The van der Waals surface area contributed by atoms with E-state index in [-0.39, 0.29) is 41.6 Å². The third-order valence-corrected chi connectivity index (χ3v) is 12.4. The van der Waals surface area contributed by atoms with Crippen LogP contribution in [0.1, 0.15) is 66.7 Å². The lowest BCUT2D eigenvalue weighted by Gasteiger charge is -2.41. The second kappa shape index (κ2) is 12.8. The Kier molecular flexibility index (Phi) is 8.59. The molecule has 3 unspecified atom stereocenters. The van der Waals surface area contributed by atoms with Crippen molar-refractivity contribution < 1.29 is 26.7 Å². The lowest BCUT2D eigenvalue weighted by Crippen LogP contribution is -2.54. The van der Waals surface area contributed by atoms with Gasteiger partial charge in [-0.2, -0.15) is 31.7 Å². The molecule has 4 aliphatic rings. The minimum Gasteiger partial charge on any atom is -0.384 e. The Labute approximate surface area is 295 Å². The molecule has 2 saturated carbocycles. The first-order valence-corrected chi connectivity index (χ1v) is 18.9. The quantitative estimate of drug-likeness (QED) is 0.209. The summed E-state index contributed by atoms with van der Waals surface area (Å²) in [6, 6.07) is 8.92. The number of nitrogens with zero attached hydrogens (tertiary/aromatic N) is 6. The fourth-order valence-corrected chi connectivity index (χ4v) is 10.4. The highest BCUT2D eigenvalue weighted by Crippen LogP contribution is 2.51. The number of alkyl halides is 2. The lowest BCUT2D eigenvalue weighted by molar-refractivity contribution is -0.0378. The molecule has 0 amide bonds. The van der Waals surface area contributed by atoms with E-state index in [0.29, 0.717) is 50.9 Å². The van der Waals surface area contributed by atoms with E-state index in [9.17, 15) is 26.7 Å². The summed E-state index contributed by atoms with van der Waals surface area (Å²) in [5, 5.41) is 18.1. The van der Waals surface area contributed by atoms with Crippen LogP contribution in [0.2, 0.25) is 5.02 Å². The van der Waals surface area contributed by atoms with Gasteiger partial charge in [-0.25, -0.2) is 14.1 Å². The van der Waals surface area contributed by atoms with Crippen molar-refractivity contribution in [2.45, 2.75) is 62.4 Å². The van der Waals surface area contributed by atoms with Gasteiger partial charge >= 0.3 is 6.55 Å². The molecule has 0 spiro atoms. The number of halogens is 4. The summed E-state index contributed by atoms with van der Waals surface area (Å²) in [6.45, 7) is -2.71. The first-order chi connectivity index (χ1) is 24.0. The van der Waals surface area contributed by atoms with Crippen LogP contribution >= 0.6 is 22.9 Å². The highest BCUT2D eigenvalue weighted by Gasteiger charge is 2.51.